The zero-order valence-corrected chi connectivity index (χ0v) is 17.6. The summed E-state index contributed by atoms with van der Waals surface area (Å²) in [5.74, 6) is 0.278. The number of piperidine rings is 1. The molecule has 1 amide bonds. The minimum atomic E-state index is -1.17. The van der Waals surface area contributed by atoms with Gasteiger partial charge in [-0.3, -0.25) is 0 Å². The van der Waals surface area contributed by atoms with Crippen molar-refractivity contribution in [1.82, 2.24) is 25.2 Å². The minimum Gasteiger partial charge on any atom is -0.462 e. The molecule has 8 nitrogen and oxygen atoms in total. The highest BCUT2D eigenvalue weighted by Crippen LogP contribution is 2.32. The van der Waals surface area contributed by atoms with Gasteiger partial charge in [0.1, 0.15) is 24.5 Å². The average Bonchev–Trinajstić information content (AvgIpc) is 2.76. The van der Waals surface area contributed by atoms with Crippen LogP contribution in [0.4, 0.5) is 10.7 Å². The molecular formula is C23H26N5O3+. The highest BCUT2D eigenvalue weighted by Gasteiger charge is 2.41. The van der Waals surface area contributed by atoms with Crippen LogP contribution in [0.3, 0.4) is 0 Å². The zero-order chi connectivity index (χ0) is 22.0. The monoisotopic (exact) mass is 420 g/mol. The number of aromatic nitrogens is 3. The molecule has 1 aromatic heterocycles. The molecule has 3 aromatic rings. The molecule has 160 valence electrons. The second-order valence-corrected chi connectivity index (χ2v) is 8.10. The maximum absolute atomic E-state index is 11.6. The molecule has 0 spiro atoms. The highest BCUT2D eigenvalue weighted by molar-refractivity contribution is 5.78. The Balaban J connectivity index is 1.86. The van der Waals surface area contributed by atoms with Gasteiger partial charge in [-0.1, -0.05) is 64.8 Å². The van der Waals surface area contributed by atoms with E-state index in [1.807, 2.05) is 62.4 Å². The van der Waals surface area contributed by atoms with E-state index in [-0.39, 0.29) is 10.5 Å². The summed E-state index contributed by atoms with van der Waals surface area (Å²) in [5, 5.41) is 28.3. The van der Waals surface area contributed by atoms with E-state index in [9.17, 15) is 15.0 Å². The number of rotatable bonds is 4. The van der Waals surface area contributed by atoms with Crippen LogP contribution in [0, 0.1) is 13.8 Å². The average molecular weight is 420 g/mol. The van der Waals surface area contributed by atoms with Gasteiger partial charge in [0.2, 0.25) is 0 Å². The van der Waals surface area contributed by atoms with Crippen molar-refractivity contribution in [2.24, 2.45) is 0 Å². The number of aliphatic hydroxyl groups excluding tert-OH is 1. The summed E-state index contributed by atoms with van der Waals surface area (Å²) in [6.45, 7) is 4.75. The van der Waals surface area contributed by atoms with Crippen LogP contribution in [-0.2, 0) is 0 Å². The van der Waals surface area contributed by atoms with E-state index < -0.39 is 12.2 Å². The molecule has 0 unspecified atom stereocenters. The fourth-order valence-corrected chi connectivity index (χ4v) is 3.86. The van der Waals surface area contributed by atoms with Gasteiger partial charge in [-0.05, 0) is 13.8 Å². The molecule has 1 saturated heterocycles. The van der Waals surface area contributed by atoms with Crippen molar-refractivity contribution in [1.29, 1.82) is 0 Å². The summed E-state index contributed by atoms with van der Waals surface area (Å²) in [5.41, 5.74) is 7.88. The number of hydrogen-bond donors (Lipinski definition) is 3. The van der Waals surface area contributed by atoms with E-state index >= 15 is 0 Å². The van der Waals surface area contributed by atoms with Crippen LogP contribution in [0.1, 0.15) is 24.0 Å². The number of amides is 1. The van der Waals surface area contributed by atoms with E-state index in [1.54, 1.807) is 0 Å². The molecule has 2 heterocycles. The number of aliphatic hydroxyl groups is 1. The van der Waals surface area contributed by atoms with Crippen molar-refractivity contribution in [2.45, 2.75) is 32.8 Å². The van der Waals surface area contributed by atoms with Crippen molar-refractivity contribution in [3.05, 3.63) is 59.7 Å². The molecule has 1 aliphatic heterocycles. The highest BCUT2D eigenvalue weighted by atomic mass is 16.4. The lowest BCUT2D eigenvalue weighted by atomic mass is 10.0. The Kier molecular flexibility index (Phi) is 5.67. The van der Waals surface area contributed by atoms with Gasteiger partial charge in [-0.2, -0.15) is 15.0 Å². The lowest BCUT2D eigenvalue weighted by Gasteiger charge is -2.37. The largest absolute Gasteiger partial charge is 0.462 e. The van der Waals surface area contributed by atoms with Gasteiger partial charge in [-0.15, -0.1) is 5.10 Å². The van der Waals surface area contributed by atoms with Crippen LogP contribution in [-0.4, -0.2) is 50.7 Å². The fourth-order valence-electron chi connectivity index (χ4n) is 3.86. The smallest absolute Gasteiger partial charge is 0.449 e. The van der Waals surface area contributed by atoms with E-state index in [4.69, 9.17) is 4.98 Å². The van der Waals surface area contributed by atoms with Gasteiger partial charge in [-0.25, -0.2) is 4.79 Å². The number of aryl methyl sites for hydroxylation is 2. The molecule has 4 rings (SSSR count). The maximum Gasteiger partial charge on any atom is 0.449 e. The second-order valence-electron chi connectivity index (χ2n) is 8.10. The SMILES string of the molecule is Cc1ccc(-c2nnc([N+]3(NC(=O)O)CCC(O)CC3)nc2-c2ccc(C)cc2)cc1. The Morgan fingerprint density at radius 1 is 0.903 bits per heavy atom. The van der Waals surface area contributed by atoms with Crippen LogP contribution in [0.2, 0.25) is 0 Å². The van der Waals surface area contributed by atoms with Crippen molar-refractivity contribution < 1.29 is 15.0 Å². The molecule has 1 aliphatic rings. The van der Waals surface area contributed by atoms with E-state index in [0.29, 0.717) is 37.3 Å². The Hall–Kier alpha value is -3.36. The number of hydrogen-bond acceptors (Lipinski definition) is 5. The molecule has 31 heavy (non-hydrogen) atoms. The predicted molar refractivity (Wildman–Crippen MR) is 118 cm³/mol. The second kappa shape index (κ2) is 8.41. The van der Waals surface area contributed by atoms with Gasteiger partial charge in [0.25, 0.3) is 0 Å². The summed E-state index contributed by atoms with van der Waals surface area (Å²) in [6.07, 6.45) is -0.732. The quantitative estimate of drug-likeness (QED) is 0.558. The first-order valence-electron chi connectivity index (χ1n) is 10.3. The summed E-state index contributed by atoms with van der Waals surface area (Å²) >= 11 is 0. The molecule has 0 saturated carbocycles. The minimum absolute atomic E-state index is 0.160. The van der Waals surface area contributed by atoms with Crippen LogP contribution < -0.4 is 10.0 Å². The van der Waals surface area contributed by atoms with Crippen LogP contribution >= 0.6 is 0 Å². The van der Waals surface area contributed by atoms with Crippen molar-refractivity contribution in [3.8, 4) is 22.5 Å². The molecule has 2 aromatic carbocycles. The molecule has 8 heteroatoms. The summed E-state index contributed by atoms with van der Waals surface area (Å²) in [7, 11) is 0. The van der Waals surface area contributed by atoms with Gasteiger partial charge in [0, 0.05) is 24.0 Å². The normalized spacial score (nSPS) is 20.9. The van der Waals surface area contributed by atoms with Gasteiger partial charge >= 0.3 is 12.0 Å². The maximum atomic E-state index is 11.6. The van der Waals surface area contributed by atoms with Gasteiger partial charge in [0.15, 0.2) is 0 Å². The first kappa shape index (κ1) is 20.9. The number of carbonyl (C=O) groups is 1. The molecule has 0 atom stereocenters. The lowest BCUT2D eigenvalue weighted by molar-refractivity contribution is 0.0538. The van der Waals surface area contributed by atoms with Crippen LogP contribution in [0.5, 0.6) is 0 Å². The Morgan fingerprint density at radius 3 is 1.94 bits per heavy atom. The zero-order valence-electron chi connectivity index (χ0n) is 17.6. The molecule has 0 bridgehead atoms. The lowest BCUT2D eigenvalue weighted by Crippen LogP contribution is -2.66. The third-order valence-corrected chi connectivity index (χ3v) is 5.71. The van der Waals surface area contributed by atoms with Gasteiger partial charge < -0.3 is 10.2 Å². The van der Waals surface area contributed by atoms with Crippen molar-refractivity contribution in [3.63, 3.8) is 0 Å². The Bertz CT molecular complexity index is 1080. The summed E-state index contributed by atoms with van der Waals surface area (Å²) in [4.78, 5) is 16.4. The molecule has 0 radical (unpaired) electrons. The first-order chi connectivity index (χ1) is 14.9. The van der Waals surface area contributed by atoms with Gasteiger partial charge in [0.05, 0.1) is 6.10 Å². The number of nitrogens with zero attached hydrogens (tertiary/aromatic N) is 4. The van der Waals surface area contributed by atoms with Crippen molar-refractivity contribution in [2.75, 3.05) is 13.1 Å². The third kappa shape index (κ3) is 4.40. The van der Waals surface area contributed by atoms with Crippen molar-refractivity contribution >= 4 is 12.0 Å². The third-order valence-electron chi connectivity index (χ3n) is 5.71. The van der Waals surface area contributed by atoms with E-state index in [0.717, 1.165) is 22.3 Å². The van der Waals surface area contributed by atoms with E-state index in [2.05, 4.69) is 15.6 Å². The molecule has 1 fully saturated rings. The Morgan fingerprint density at radius 2 is 1.42 bits per heavy atom. The standard InChI is InChI=1S/C23H25N5O3/c1-15-3-7-17(8-4-15)20-21(18-9-5-16(2)6-10-18)25-26-22(24-20)28(27-23(30)31)13-11-19(29)12-14-28/h3-10,19,27,29H,11-14H2,1-2H3/p+1. The fraction of sp³-hybridized carbons (Fsp3) is 0.304. The number of quaternary nitrogens is 1. The topological polar surface area (TPSA) is 108 Å². The molecule has 3 N–H and O–H groups in total. The van der Waals surface area contributed by atoms with E-state index in [1.165, 1.54) is 0 Å². The molecular weight excluding hydrogens is 394 g/mol. The number of benzene rings is 2. The van der Waals surface area contributed by atoms with Crippen LogP contribution in [0.25, 0.3) is 22.5 Å². The number of nitrogens with one attached hydrogen (secondary N) is 1. The van der Waals surface area contributed by atoms with Crippen LogP contribution in [0.15, 0.2) is 48.5 Å². The molecule has 0 aliphatic carbocycles. The number of carboxylic acid groups (broad SMARTS) is 1. The first-order valence-corrected chi connectivity index (χ1v) is 10.3. The Labute approximate surface area is 180 Å². The summed E-state index contributed by atoms with van der Waals surface area (Å²) < 4.78 is -0.160. The summed E-state index contributed by atoms with van der Waals surface area (Å²) in [6, 6.07) is 16.0. The predicted octanol–water partition coefficient (Wildman–Crippen LogP) is 3.47.